The lowest BCUT2D eigenvalue weighted by Gasteiger charge is -2.34. The fourth-order valence-corrected chi connectivity index (χ4v) is 2.90. The third-order valence-electron chi connectivity index (χ3n) is 3.94. The number of anilines is 1. The van der Waals surface area contributed by atoms with Gasteiger partial charge in [0, 0.05) is 25.8 Å². The summed E-state index contributed by atoms with van der Waals surface area (Å²) in [4.78, 5) is 18.8. The van der Waals surface area contributed by atoms with E-state index < -0.39 is 0 Å². The molecule has 1 fully saturated rings. The molecular formula is C15H23N3O. The number of nitrogens with zero attached hydrogens (tertiary/aromatic N) is 2. The molecule has 0 spiro atoms. The first-order chi connectivity index (χ1) is 9.27. The Morgan fingerprint density at radius 3 is 2.79 bits per heavy atom. The number of hydrogen-bond donors (Lipinski definition) is 1. The molecule has 1 N–H and O–H groups in total. The van der Waals surface area contributed by atoms with E-state index in [4.69, 9.17) is 0 Å². The Labute approximate surface area is 115 Å². The summed E-state index contributed by atoms with van der Waals surface area (Å²) in [5.74, 6) is 0.126. The number of nitrogens with one attached hydrogen (secondary N) is 1. The van der Waals surface area contributed by atoms with Crippen LogP contribution in [0.25, 0.3) is 0 Å². The van der Waals surface area contributed by atoms with Crippen molar-refractivity contribution in [3.05, 3.63) is 24.0 Å². The van der Waals surface area contributed by atoms with E-state index in [1.54, 1.807) is 18.5 Å². The number of amides is 1. The maximum Gasteiger partial charge on any atom is 0.256 e. The van der Waals surface area contributed by atoms with E-state index in [-0.39, 0.29) is 5.91 Å². The lowest BCUT2D eigenvalue weighted by molar-refractivity contribution is 0.0649. The zero-order valence-corrected chi connectivity index (χ0v) is 11.9. The summed E-state index contributed by atoms with van der Waals surface area (Å²) >= 11 is 0. The van der Waals surface area contributed by atoms with E-state index in [9.17, 15) is 4.79 Å². The summed E-state index contributed by atoms with van der Waals surface area (Å²) in [6, 6.07) is 2.21. The van der Waals surface area contributed by atoms with Crippen LogP contribution in [0.5, 0.6) is 0 Å². The molecule has 0 atom stereocenters. The summed E-state index contributed by atoms with van der Waals surface area (Å²) < 4.78 is 0. The van der Waals surface area contributed by atoms with Crippen LogP contribution in [0.15, 0.2) is 18.5 Å². The second kappa shape index (κ2) is 6.55. The van der Waals surface area contributed by atoms with Gasteiger partial charge < -0.3 is 10.2 Å². The molecule has 2 rings (SSSR count). The molecule has 1 heterocycles. The average Bonchev–Trinajstić information content (AvgIpc) is 2.49. The van der Waals surface area contributed by atoms with Gasteiger partial charge in [-0.25, -0.2) is 0 Å². The molecule has 104 valence electrons. The molecule has 0 unspecified atom stereocenters. The van der Waals surface area contributed by atoms with Crippen molar-refractivity contribution in [2.24, 2.45) is 0 Å². The Hall–Kier alpha value is -1.58. The van der Waals surface area contributed by atoms with E-state index in [1.807, 2.05) is 11.9 Å². The monoisotopic (exact) mass is 261 g/mol. The Morgan fingerprint density at radius 2 is 2.16 bits per heavy atom. The summed E-state index contributed by atoms with van der Waals surface area (Å²) in [6.45, 7) is 2.84. The minimum absolute atomic E-state index is 0.126. The zero-order chi connectivity index (χ0) is 13.7. The van der Waals surface area contributed by atoms with Crippen molar-refractivity contribution < 1.29 is 4.79 Å². The molecular weight excluding hydrogens is 238 g/mol. The second-order valence-electron chi connectivity index (χ2n) is 5.05. The van der Waals surface area contributed by atoms with Crippen LogP contribution >= 0.6 is 0 Å². The van der Waals surface area contributed by atoms with Crippen molar-refractivity contribution in [1.29, 1.82) is 0 Å². The van der Waals surface area contributed by atoms with E-state index in [1.165, 1.54) is 19.3 Å². The van der Waals surface area contributed by atoms with E-state index in [0.717, 1.165) is 30.6 Å². The summed E-state index contributed by atoms with van der Waals surface area (Å²) in [7, 11) is 1.82. The topological polar surface area (TPSA) is 45.2 Å². The standard InChI is InChI=1S/C15H23N3O/c1-3-18(12-7-5-4-6-8-12)15(19)13-9-10-17-11-14(13)16-2/h9-12,16H,3-8H2,1-2H3. The van der Waals surface area contributed by atoms with Gasteiger partial charge in [-0.2, -0.15) is 0 Å². The van der Waals surface area contributed by atoms with E-state index in [2.05, 4.69) is 17.2 Å². The van der Waals surface area contributed by atoms with Gasteiger partial charge in [-0.15, -0.1) is 0 Å². The molecule has 0 bridgehead atoms. The van der Waals surface area contributed by atoms with Crippen LogP contribution < -0.4 is 5.32 Å². The van der Waals surface area contributed by atoms with Crippen LogP contribution in [0, 0.1) is 0 Å². The maximum absolute atomic E-state index is 12.7. The largest absolute Gasteiger partial charge is 0.386 e. The van der Waals surface area contributed by atoms with Crippen molar-refractivity contribution in [2.75, 3.05) is 18.9 Å². The first-order valence-electron chi connectivity index (χ1n) is 7.20. The highest BCUT2D eigenvalue weighted by Gasteiger charge is 2.26. The molecule has 1 saturated carbocycles. The molecule has 1 aliphatic carbocycles. The Kier molecular flexibility index (Phi) is 4.77. The van der Waals surface area contributed by atoms with Gasteiger partial charge in [0.1, 0.15) is 0 Å². The average molecular weight is 261 g/mol. The molecule has 1 amide bonds. The predicted octanol–water partition coefficient (Wildman–Crippen LogP) is 2.92. The van der Waals surface area contributed by atoms with Gasteiger partial charge in [0.05, 0.1) is 17.4 Å². The normalized spacial score (nSPS) is 16.1. The number of pyridine rings is 1. The van der Waals surface area contributed by atoms with Gasteiger partial charge in [-0.05, 0) is 25.8 Å². The molecule has 4 nitrogen and oxygen atoms in total. The Bertz CT molecular complexity index is 427. The Morgan fingerprint density at radius 1 is 1.42 bits per heavy atom. The van der Waals surface area contributed by atoms with Crippen LogP contribution in [0.1, 0.15) is 49.4 Å². The molecule has 0 aromatic carbocycles. The van der Waals surface area contributed by atoms with Crippen molar-refractivity contribution in [1.82, 2.24) is 9.88 Å². The van der Waals surface area contributed by atoms with Crippen LogP contribution in [0.3, 0.4) is 0 Å². The third-order valence-corrected chi connectivity index (χ3v) is 3.94. The minimum atomic E-state index is 0.126. The molecule has 1 aromatic heterocycles. The van der Waals surface area contributed by atoms with Crippen LogP contribution in [0.4, 0.5) is 5.69 Å². The molecule has 0 saturated heterocycles. The van der Waals surface area contributed by atoms with Crippen LogP contribution in [-0.4, -0.2) is 35.4 Å². The highest BCUT2D eigenvalue weighted by molar-refractivity contribution is 5.99. The molecule has 1 aliphatic rings. The van der Waals surface area contributed by atoms with Gasteiger partial charge in [0.25, 0.3) is 5.91 Å². The number of carbonyl (C=O) groups excluding carboxylic acids is 1. The first-order valence-corrected chi connectivity index (χ1v) is 7.20. The van der Waals surface area contributed by atoms with Gasteiger partial charge in [-0.1, -0.05) is 19.3 Å². The summed E-state index contributed by atoms with van der Waals surface area (Å²) in [5.41, 5.74) is 1.53. The first kappa shape index (κ1) is 13.8. The van der Waals surface area contributed by atoms with Crippen molar-refractivity contribution >= 4 is 11.6 Å². The number of carbonyl (C=O) groups is 1. The third kappa shape index (κ3) is 3.06. The van der Waals surface area contributed by atoms with Crippen molar-refractivity contribution in [3.8, 4) is 0 Å². The quantitative estimate of drug-likeness (QED) is 0.906. The maximum atomic E-state index is 12.7. The zero-order valence-electron chi connectivity index (χ0n) is 11.9. The molecule has 1 aromatic rings. The second-order valence-corrected chi connectivity index (χ2v) is 5.05. The van der Waals surface area contributed by atoms with Crippen LogP contribution in [-0.2, 0) is 0 Å². The molecule has 19 heavy (non-hydrogen) atoms. The smallest absolute Gasteiger partial charge is 0.256 e. The summed E-state index contributed by atoms with van der Waals surface area (Å²) in [6.07, 6.45) is 9.45. The van der Waals surface area contributed by atoms with Crippen molar-refractivity contribution in [2.45, 2.75) is 45.1 Å². The SMILES string of the molecule is CCN(C(=O)c1ccncc1NC)C1CCCCC1. The lowest BCUT2D eigenvalue weighted by atomic mass is 9.93. The fourth-order valence-electron chi connectivity index (χ4n) is 2.90. The number of hydrogen-bond acceptors (Lipinski definition) is 3. The highest BCUT2D eigenvalue weighted by Crippen LogP contribution is 2.25. The van der Waals surface area contributed by atoms with Gasteiger partial charge in [0.15, 0.2) is 0 Å². The van der Waals surface area contributed by atoms with Gasteiger partial charge in [0.2, 0.25) is 0 Å². The molecule has 4 heteroatoms. The fraction of sp³-hybridized carbons (Fsp3) is 0.600. The summed E-state index contributed by atoms with van der Waals surface area (Å²) in [5, 5.41) is 3.05. The van der Waals surface area contributed by atoms with Gasteiger partial charge >= 0.3 is 0 Å². The molecule has 0 radical (unpaired) electrons. The Balaban J connectivity index is 2.19. The number of rotatable bonds is 4. The van der Waals surface area contributed by atoms with E-state index >= 15 is 0 Å². The predicted molar refractivity (Wildman–Crippen MR) is 77.4 cm³/mol. The lowest BCUT2D eigenvalue weighted by Crippen LogP contribution is -2.41. The van der Waals surface area contributed by atoms with Gasteiger partial charge in [-0.3, -0.25) is 9.78 Å². The highest BCUT2D eigenvalue weighted by atomic mass is 16.2. The van der Waals surface area contributed by atoms with E-state index in [0.29, 0.717) is 6.04 Å². The van der Waals surface area contributed by atoms with Crippen molar-refractivity contribution in [3.63, 3.8) is 0 Å². The number of aromatic nitrogens is 1. The molecule has 0 aliphatic heterocycles. The minimum Gasteiger partial charge on any atom is -0.386 e. The van der Waals surface area contributed by atoms with Crippen LogP contribution in [0.2, 0.25) is 0 Å².